The van der Waals surface area contributed by atoms with Gasteiger partial charge in [-0.15, -0.1) is 0 Å². The van der Waals surface area contributed by atoms with E-state index in [0.29, 0.717) is 0 Å². The van der Waals surface area contributed by atoms with Gasteiger partial charge in [-0.1, -0.05) is 28.1 Å². The largest absolute Gasteiger partial charge is 0.322 e. The molecule has 84 valence electrons. The Morgan fingerprint density at radius 2 is 1.93 bits per heavy atom. The average Bonchev–Trinajstić information content (AvgIpc) is 2.05. The highest BCUT2D eigenvalue weighted by Gasteiger charge is 2.15. The highest BCUT2D eigenvalue weighted by atomic mass is 79.9. The van der Waals surface area contributed by atoms with Gasteiger partial charge in [-0.3, -0.25) is 0 Å². The van der Waals surface area contributed by atoms with Crippen LogP contribution in [0.4, 0.5) is 0 Å². The SMILES string of the molecule is CN(C)Cc1ccc(C(C)(C)N)cc1Br. The molecule has 0 saturated heterocycles. The molecular formula is C12H19BrN2. The van der Waals surface area contributed by atoms with Crippen LogP contribution in [0.2, 0.25) is 0 Å². The van der Waals surface area contributed by atoms with Gasteiger partial charge in [-0.05, 0) is 45.1 Å². The molecule has 15 heavy (non-hydrogen) atoms. The van der Waals surface area contributed by atoms with E-state index < -0.39 is 0 Å². The maximum atomic E-state index is 6.05. The van der Waals surface area contributed by atoms with Crippen LogP contribution in [0.5, 0.6) is 0 Å². The molecule has 0 radical (unpaired) electrons. The monoisotopic (exact) mass is 270 g/mol. The predicted molar refractivity (Wildman–Crippen MR) is 68.7 cm³/mol. The molecular weight excluding hydrogens is 252 g/mol. The molecule has 2 nitrogen and oxygen atoms in total. The lowest BCUT2D eigenvalue weighted by Gasteiger charge is -2.21. The molecule has 0 fully saturated rings. The van der Waals surface area contributed by atoms with Crippen molar-refractivity contribution in [1.29, 1.82) is 0 Å². The summed E-state index contributed by atoms with van der Waals surface area (Å²) in [5, 5.41) is 0. The summed E-state index contributed by atoms with van der Waals surface area (Å²) in [6.45, 7) is 4.96. The van der Waals surface area contributed by atoms with E-state index in [2.05, 4.69) is 53.1 Å². The Balaban J connectivity index is 2.98. The van der Waals surface area contributed by atoms with Crippen LogP contribution in [-0.2, 0) is 12.1 Å². The van der Waals surface area contributed by atoms with Gasteiger partial charge in [0.25, 0.3) is 0 Å². The second kappa shape index (κ2) is 4.64. The molecule has 0 aromatic heterocycles. The standard InChI is InChI=1S/C12H19BrN2/c1-12(2,14)10-6-5-9(8-15(3)4)11(13)7-10/h5-7H,8,14H2,1-4H3. The summed E-state index contributed by atoms with van der Waals surface area (Å²) in [5.74, 6) is 0. The summed E-state index contributed by atoms with van der Waals surface area (Å²) in [6, 6.07) is 6.34. The van der Waals surface area contributed by atoms with Crippen molar-refractivity contribution in [3.63, 3.8) is 0 Å². The first kappa shape index (κ1) is 12.7. The topological polar surface area (TPSA) is 29.3 Å². The quantitative estimate of drug-likeness (QED) is 0.915. The summed E-state index contributed by atoms with van der Waals surface area (Å²) < 4.78 is 1.13. The molecule has 0 aliphatic heterocycles. The van der Waals surface area contributed by atoms with Crippen molar-refractivity contribution in [3.05, 3.63) is 33.8 Å². The fourth-order valence-corrected chi connectivity index (χ4v) is 1.92. The zero-order valence-electron chi connectivity index (χ0n) is 9.84. The second-order valence-electron chi connectivity index (χ2n) is 4.77. The number of rotatable bonds is 3. The van der Waals surface area contributed by atoms with Gasteiger partial charge in [0.15, 0.2) is 0 Å². The minimum Gasteiger partial charge on any atom is -0.322 e. The lowest BCUT2D eigenvalue weighted by molar-refractivity contribution is 0.401. The highest BCUT2D eigenvalue weighted by molar-refractivity contribution is 9.10. The minimum absolute atomic E-state index is 0.279. The summed E-state index contributed by atoms with van der Waals surface area (Å²) in [4.78, 5) is 2.15. The van der Waals surface area contributed by atoms with E-state index in [4.69, 9.17) is 5.73 Å². The van der Waals surface area contributed by atoms with E-state index >= 15 is 0 Å². The van der Waals surface area contributed by atoms with Gasteiger partial charge in [-0.25, -0.2) is 0 Å². The van der Waals surface area contributed by atoms with E-state index in [9.17, 15) is 0 Å². The third-order valence-electron chi connectivity index (χ3n) is 2.28. The Hall–Kier alpha value is -0.380. The number of benzene rings is 1. The summed E-state index contributed by atoms with van der Waals surface area (Å²) in [6.07, 6.45) is 0. The molecule has 0 spiro atoms. The van der Waals surface area contributed by atoms with Crippen LogP contribution in [-0.4, -0.2) is 19.0 Å². The lowest BCUT2D eigenvalue weighted by Crippen LogP contribution is -2.28. The molecule has 1 aromatic rings. The van der Waals surface area contributed by atoms with Crippen LogP contribution in [0, 0.1) is 0 Å². The maximum Gasteiger partial charge on any atom is 0.0352 e. The van der Waals surface area contributed by atoms with Crippen molar-refractivity contribution < 1.29 is 0 Å². The normalized spacial score (nSPS) is 12.2. The molecule has 0 heterocycles. The van der Waals surface area contributed by atoms with E-state index in [-0.39, 0.29) is 5.54 Å². The number of halogens is 1. The first-order valence-electron chi connectivity index (χ1n) is 5.03. The van der Waals surface area contributed by atoms with Crippen LogP contribution in [0.1, 0.15) is 25.0 Å². The molecule has 0 atom stereocenters. The van der Waals surface area contributed by atoms with E-state index in [1.807, 2.05) is 13.8 Å². The van der Waals surface area contributed by atoms with Gasteiger partial charge in [0, 0.05) is 16.6 Å². The lowest BCUT2D eigenvalue weighted by atomic mass is 9.95. The molecule has 1 rings (SSSR count). The Bertz CT molecular complexity index is 340. The van der Waals surface area contributed by atoms with Crippen molar-refractivity contribution in [2.45, 2.75) is 25.9 Å². The number of nitrogens with two attached hydrogens (primary N) is 1. The van der Waals surface area contributed by atoms with Gasteiger partial charge < -0.3 is 10.6 Å². The molecule has 0 unspecified atom stereocenters. The summed E-state index contributed by atoms with van der Waals surface area (Å²) >= 11 is 3.59. The first-order valence-corrected chi connectivity index (χ1v) is 5.82. The first-order chi connectivity index (χ1) is 6.80. The fourth-order valence-electron chi connectivity index (χ4n) is 1.42. The maximum absolute atomic E-state index is 6.05. The molecule has 1 aromatic carbocycles. The van der Waals surface area contributed by atoms with E-state index in [1.165, 1.54) is 5.56 Å². The molecule has 0 bridgehead atoms. The Morgan fingerprint density at radius 1 is 1.33 bits per heavy atom. The number of nitrogens with zero attached hydrogens (tertiary/aromatic N) is 1. The van der Waals surface area contributed by atoms with Crippen LogP contribution in [0.3, 0.4) is 0 Å². The van der Waals surface area contributed by atoms with Crippen LogP contribution < -0.4 is 5.73 Å². The smallest absolute Gasteiger partial charge is 0.0352 e. The van der Waals surface area contributed by atoms with E-state index in [0.717, 1.165) is 16.6 Å². The van der Waals surface area contributed by atoms with Gasteiger partial charge in [-0.2, -0.15) is 0 Å². The number of hydrogen-bond acceptors (Lipinski definition) is 2. The Labute approximate surface area is 101 Å². The Morgan fingerprint density at radius 3 is 2.33 bits per heavy atom. The predicted octanol–water partition coefficient (Wildman–Crippen LogP) is 2.70. The van der Waals surface area contributed by atoms with Crippen molar-refractivity contribution in [2.24, 2.45) is 5.73 Å². The molecule has 0 aliphatic carbocycles. The van der Waals surface area contributed by atoms with Crippen LogP contribution in [0.25, 0.3) is 0 Å². The summed E-state index contributed by atoms with van der Waals surface area (Å²) in [7, 11) is 4.13. The van der Waals surface area contributed by atoms with E-state index in [1.54, 1.807) is 0 Å². The molecule has 3 heteroatoms. The van der Waals surface area contributed by atoms with Gasteiger partial charge >= 0.3 is 0 Å². The van der Waals surface area contributed by atoms with Crippen molar-refractivity contribution in [1.82, 2.24) is 4.90 Å². The van der Waals surface area contributed by atoms with Crippen LogP contribution in [0.15, 0.2) is 22.7 Å². The minimum atomic E-state index is -0.279. The zero-order chi connectivity index (χ0) is 11.6. The average molecular weight is 271 g/mol. The van der Waals surface area contributed by atoms with Crippen molar-refractivity contribution in [2.75, 3.05) is 14.1 Å². The fraction of sp³-hybridized carbons (Fsp3) is 0.500. The van der Waals surface area contributed by atoms with Gasteiger partial charge in [0.2, 0.25) is 0 Å². The molecule has 0 aliphatic rings. The van der Waals surface area contributed by atoms with Crippen molar-refractivity contribution in [3.8, 4) is 0 Å². The number of hydrogen-bond donors (Lipinski definition) is 1. The second-order valence-corrected chi connectivity index (χ2v) is 5.62. The Kier molecular flexibility index (Phi) is 3.93. The highest BCUT2D eigenvalue weighted by Crippen LogP contribution is 2.24. The zero-order valence-corrected chi connectivity index (χ0v) is 11.4. The molecule has 2 N–H and O–H groups in total. The third-order valence-corrected chi connectivity index (χ3v) is 3.02. The van der Waals surface area contributed by atoms with Crippen LogP contribution >= 0.6 is 15.9 Å². The molecule has 0 amide bonds. The third kappa shape index (κ3) is 3.59. The van der Waals surface area contributed by atoms with Gasteiger partial charge in [0.1, 0.15) is 0 Å². The van der Waals surface area contributed by atoms with Crippen molar-refractivity contribution >= 4 is 15.9 Å². The molecule has 0 saturated carbocycles. The van der Waals surface area contributed by atoms with Gasteiger partial charge in [0.05, 0.1) is 0 Å². The summed E-state index contributed by atoms with van der Waals surface area (Å²) in [5.41, 5.74) is 8.20.